The van der Waals surface area contributed by atoms with Crippen LogP contribution in [0.2, 0.25) is 0 Å². The number of hydrogen-bond acceptors (Lipinski definition) is 4. The molecule has 39 valence electrons. The van der Waals surface area contributed by atoms with Gasteiger partial charge in [0.1, 0.15) is 5.04 Å². The summed E-state index contributed by atoms with van der Waals surface area (Å²) in [6, 6.07) is 0. The molecule has 0 saturated carbocycles. The van der Waals surface area contributed by atoms with Crippen LogP contribution in [-0.4, -0.2) is 16.0 Å². The minimum atomic E-state index is 0.796. The second-order valence-electron chi connectivity index (χ2n) is 1.02. The maximum absolute atomic E-state index is 8.10. The highest BCUT2D eigenvalue weighted by Crippen LogP contribution is 2.29. The van der Waals surface area contributed by atoms with Crippen LogP contribution in [0.25, 0.3) is 0 Å². The average Bonchev–Trinajstić information content (AvgIpc) is 2.14. The molecule has 0 atom stereocenters. The Morgan fingerprint density at radius 1 is 1.86 bits per heavy atom. The van der Waals surface area contributed by atoms with E-state index in [0.29, 0.717) is 0 Å². The molecule has 2 nitrogen and oxygen atoms in total. The van der Waals surface area contributed by atoms with Crippen LogP contribution in [-0.2, 0) is 0 Å². The Balaban J connectivity index is 2.41. The molecule has 0 unspecified atom stereocenters. The molecule has 0 aromatic heterocycles. The van der Waals surface area contributed by atoms with Crippen LogP contribution < -0.4 is 0 Å². The Labute approximate surface area is 50.4 Å². The Bertz CT molecular complexity index is 84.9. The van der Waals surface area contributed by atoms with E-state index in [0.717, 1.165) is 10.8 Å². The molecule has 0 bridgehead atoms. The van der Waals surface area contributed by atoms with Crippen molar-refractivity contribution in [3.63, 3.8) is 0 Å². The Morgan fingerprint density at radius 3 is 3.00 bits per heavy atom. The van der Waals surface area contributed by atoms with Gasteiger partial charge in [-0.3, -0.25) is 0 Å². The summed E-state index contributed by atoms with van der Waals surface area (Å²) in [5, 5.41) is 13.9. The van der Waals surface area contributed by atoms with Gasteiger partial charge in [-0.2, -0.15) is 0 Å². The topological polar surface area (TPSA) is 32.6 Å². The zero-order valence-electron chi connectivity index (χ0n) is 3.50. The van der Waals surface area contributed by atoms with E-state index >= 15 is 0 Å². The van der Waals surface area contributed by atoms with Gasteiger partial charge in [-0.1, -0.05) is 16.9 Å². The quantitative estimate of drug-likeness (QED) is 0.401. The van der Waals surface area contributed by atoms with Gasteiger partial charge in [-0.05, 0) is 0 Å². The molecule has 0 amide bonds. The van der Waals surface area contributed by atoms with Gasteiger partial charge in [0.2, 0.25) is 0 Å². The third kappa shape index (κ3) is 1.28. The van der Waals surface area contributed by atoms with Gasteiger partial charge in [0.05, 0.1) is 5.08 Å². The van der Waals surface area contributed by atoms with Crippen molar-refractivity contribution in [1.82, 2.24) is 0 Å². The summed E-state index contributed by atoms with van der Waals surface area (Å²) in [6.07, 6.45) is 0. The lowest BCUT2D eigenvalue weighted by atomic mass is 10.9. The van der Waals surface area contributed by atoms with Gasteiger partial charge >= 0.3 is 0 Å². The van der Waals surface area contributed by atoms with Crippen LogP contribution in [0.5, 0.6) is 0 Å². The van der Waals surface area contributed by atoms with Gasteiger partial charge in [0, 0.05) is 5.75 Å². The molecule has 1 rings (SSSR count). The molecule has 0 aromatic rings. The first kappa shape index (κ1) is 5.31. The number of rotatable bonds is 0. The lowest BCUT2D eigenvalue weighted by molar-refractivity contribution is 0.320. The van der Waals surface area contributed by atoms with Gasteiger partial charge in [-0.25, -0.2) is 0 Å². The number of nitrogens with zero attached hydrogens (tertiary/aromatic N) is 1. The highest BCUT2D eigenvalue weighted by molar-refractivity contribution is 8.32. The van der Waals surface area contributed by atoms with Crippen LogP contribution in [0.15, 0.2) is 5.16 Å². The van der Waals surface area contributed by atoms with Crippen LogP contribution in [0.1, 0.15) is 0 Å². The predicted molar refractivity (Wildman–Crippen MR) is 33.6 cm³/mol. The molecular formula is C3H4NOS2. The minimum absolute atomic E-state index is 0.796. The Hall–Kier alpha value is 0.170. The summed E-state index contributed by atoms with van der Waals surface area (Å²) in [5.41, 5.74) is 0. The van der Waals surface area contributed by atoms with Gasteiger partial charge in [-0.15, -0.1) is 11.8 Å². The molecule has 0 aliphatic carbocycles. The second kappa shape index (κ2) is 2.47. The molecular weight excluding hydrogens is 130 g/mol. The fourth-order valence-corrected chi connectivity index (χ4v) is 1.99. The van der Waals surface area contributed by atoms with Crippen molar-refractivity contribution < 1.29 is 5.21 Å². The molecule has 1 fully saturated rings. The van der Waals surface area contributed by atoms with Crippen molar-refractivity contribution >= 4 is 28.6 Å². The van der Waals surface area contributed by atoms with E-state index in [-0.39, 0.29) is 0 Å². The third-order valence-electron chi connectivity index (χ3n) is 0.571. The molecule has 1 aliphatic heterocycles. The van der Waals surface area contributed by atoms with Crippen molar-refractivity contribution in [3.05, 3.63) is 5.08 Å². The first-order valence-electron chi connectivity index (χ1n) is 1.74. The summed E-state index contributed by atoms with van der Waals surface area (Å²) >= 11 is 3.13. The number of oxime groups is 1. The summed E-state index contributed by atoms with van der Waals surface area (Å²) in [5.74, 6) is 0.834. The predicted octanol–water partition coefficient (Wildman–Crippen LogP) is 1.37. The fraction of sp³-hybridized carbons (Fsp3) is 0.333. The summed E-state index contributed by atoms with van der Waals surface area (Å²) in [7, 11) is 0. The van der Waals surface area contributed by atoms with Crippen molar-refractivity contribution in [2.45, 2.75) is 0 Å². The fourth-order valence-electron chi connectivity index (χ4n) is 0.281. The molecule has 1 saturated heterocycles. The van der Waals surface area contributed by atoms with E-state index in [1.165, 1.54) is 11.8 Å². The van der Waals surface area contributed by atoms with Crippen molar-refractivity contribution in [3.8, 4) is 0 Å². The lowest BCUT2D eigenvalue weighted by Crippen LogP contribution is -1.85. The van der Waals surface area contributed by atoms with Crippen LogP contribution in [0.3, 0.4) is 0 Å². The Kier molecular flexibility index (Phi) is 1.87. The maximum atomic E-state index is 8.10. The summed E-state index contributed by atoms with van der Waals surface area (Å²) in [4.78, 5) is 0. The highest BCUT2D eigenvalue weighted by atomic mass is 32.2. The smallest absolute Gasteiger partial charge is 0.123 e. The molecule has 1 heterocycles. The van der Waals surface area contributed by atoms with Gasteiger partial charge < -0.3 is 5.21 Å². The van der Waals surface area contributed by atoms with E-state index in [4.69, 9.17) is 5.21 Å². The van der Waals surface area contributed by atoms with Crippen LogP contribution in [0, 0.1) is 5.08 Å². The minimum Gasteiger partial charge on any atom is -0.410 e. The normalized spacial score (nSPS) is 26.6. The van der Waals surface area contributed by atoms with E-state index in [1.54, 1.807) is 11.8 Å². The molecule has 1 N–H and O–H groups in total. The monoisotopic (exact) mass is 134 g/mol. The molecule has 0 spiro atoms. The van der Waals surface area contributed by atoms with Crippen molar-refractivity contribution in [2.24, 2.45) is 5.16 Å². The zero-order valence-corrected chi connectivity index (χ0v) is 5.13. The van der Waals surface area contributed by atoms with Crippen molar-refractivity contribution in [2.75, 3.05) is 5.75 Å². The van der Waals surface area contributed by atoms with Crippen LogP contribution >= 0.6 is 23.5 Å². The molecule has 7 heavy (non-hydrogen) atoms. The second-order valence-corrected chi connectivity index (χ2v) is 3.12. The van der Waals surface area contributed by atoms with Gasteiger partial charge in [0.25, 0.3) is 0 Å². The first-order valence-corrected chi connectivity index (χ1v) is 3.67. The molecule has 1 radical (unpaired) electrons. The van der Waals surface area contributed by atoms with E-state index in [9.17, 15) is 0 Å². The number of thioether (sulfide) groups is 2. The SMILES string of the molecule is O/N=C1/CS[CH]S1. The zero-order chi connectivity index (χ0) is 5.11. The third-order valence-corrected chi connectivity index (χ3v) is 2.62. The molecule has 4 heteroatoms. The summed E-state index contributed by atoms with van der Waals surface area (Å²) < 4.78 is 0. The van der Waals surface area contributed by atoms with Gasteiger partial charge in [0.15, 0.2) is 0 Å². The van der Waals surface area contributed by atoms with E-state index in [2.05, 4.69) is 5.16 Å². The molecule has 1 aliphatic rings. The lowest BCUT2D eigenvalue weighted by Gasteiger charge is -1.80. The standard InChI is InChI=1S/C3H4NOS2/c5-4-3-1-6-2-7-3/h2,5H,1H2/b4-3-. The summed E-state index contributed by atoms with van der Waals surface area (Å²) in [6.45, 7) is 0. The first-order chi connectivity index (χ1) is 3.43. The highest BCUT2D eigenvalue weighted by Gasteiger charge is 2.08. The maximum Gasteiger partial charge on any atom is 0.123 e. The number of hydrogen-bond donors (Lipinski definition) is 1. The van der Waals surface area contributed by atoms with E-state index < -0.39 is 0 Å². The Morgan fingerprint density at radius 2 is 2.71 bits per heavy atom. The molecule has 0 aromatic carbocycles. The largest absolute Gasteiger partial charge is 0.410 e. The van der Waals surface area contributed by atoms with Crippen molar-refractivity contribution in [1.29, 1.82) is 0 Å². The average molecular weight is 134 g/mol. The van der Waals surface area contributed by atoms with E-state index in [1.807, 2.05) is 5.08 Å². The van der Waals surface area contributed by atoms with Crippen LogP contribution in [0.4, 0.5) is 0 Å².